The Morgan fingerprint density at radius 2 is 2.03 bits per heavy atom. The summed E-state index contributed by atoms with van der Waals surface area (Å²) in [5.74, 6) is 0.749. The monoisotopic (exact) mass is 442 g/mol. The van der Waals surface area contributed by atoms with E-state index in [0.717, 1.165) is 16.9 Å². The molecule has 0 fully saturated rings. The normalized spacial score (nSPS) is 11.4. The van der Waals surface area contributed by atoms with Gasteiger partial charge in [-0.3, -0.25) is 15.1 Å². The molecule has 7 nitrogen and oxygen atoms in total. The number of halogens is 1. The van der Waals surface area contributed by atoms with Gasteiger partial charge in [0.15, 0.2) is 5.11 Å². The second-order valence-electron chi connectivity index (χ2n) is 6.46. The number of thiocarbonyl (C=S) groups is 1. The minimum Gasteiger partial charge on any atom is -0.489 e. The van der Waals surface area contributed by atoms with Crippen LogP contribution in [-0.4, -0.2) is 15.0 Å². The largest absolute Gasteiger partial charge is 0.489 e. The number of hydrogen-bond donors (Lipinski definition) is 2. The van der Waals surface area contributed by atoms with E-state index < -0.39 is 4.92 Å². The number of anilines is 1. The molecule has 0 amide bonds. The topological polar surface area (TPSA) is 89.3 Å². The van der Waals surface area contributed by atoms with Crippen LogP contribution in [0.15, 0.2) is 67.0 Å². The van der Waals surface area contributed by atoms with Gasteiger partial charge in [0.25, 0.3) is 5.69 Å². The van der Waals surface area contributed by atoms with E-state index in [-0.39, 0.29) is 11.7 Å². The number of non-ortho nitro benzene ring substituents is 1. The number of nitro benzene ring substituents is 1. The van der Waals surface area contributed by atoms with E-state index in [4.69, 9.17) is 28.6 Å². The van der Waals surface area contributed by atoms with Gasteiger partial charge in [0.05, 0.1) is 21.7 Å². The molecule has 154 valence electrons. The molecular weight excluding hydrogens is 424 g/mol. The predicted molar refractivity (Wildman–Crippen MR) is 121 cm³/mol. The first-order valence-electron chi connectivity index (χ1n) is 9.05. The van der Waals surface area contributed by atoms with Gasteiger partial charge in [-0.1, -0.05) is 29.8 Å². The summed E-state index contributed by atoms with van der Waals surface area (Å²) in [6, 6.07) is 15.5. The first kappa shape index (κ1) is 21.5. The van der Waals surface area contributed by atoms with Crippen LogP contribution in [0, 0.1) is 10.1 Å². The van der Waals surface area contributed by atoms with Crippen LogP contribution in [-0.2, 0) is 6.61 Å². The summed E-state index contributed by atoms with van der Waals surface area (Å²) in [7, 11) is 0. The van der Waals surface area contributed by atoms with Crippen LogP contribution in [0.5, 0.6) is 5.75 Å². The Morgan fingerprint density at radius 3 is 2.70 bits per heavy atom. The van der Waals surface area contributed by atoms with E-state index in [1.807, 2.05) is 43.3 Å². The molecule has 1 heterocycles. The summed E-state index contributed by atoms with van der Waals surface area (Å²) in [5, 5.41) is 17.6. The van der Waals surface area contributed by atoms with Crippen molar-refractivity contribution in [1.82, 2.24) is 10.3 Å². The Hall–Kier alpha value is -3.23. The zero-order valence-corrected chi connectivity index (χ0v) is 17.6. The first-order chi connectivity index (χ1) is 14.4. The molecule has 1 atom stereocenters. The molecule has 1 unspecified atom stereocenters. The number of benzene rings is 2. The van der Waals surface area contributed by atoms with Gasteiger partial charge in [-0.15, -0.1) is 0 Å². The third-order valence-electron chi connectivity index (χ3n) is 4.26. The van der Waals surface area contributed by atoms with Crippen molar-refractivity contribution in [2.24, 2.45) is 0 Å². The molecule has 0 spiro atoms. The number of rotatable bonds is 7. The van der Waals surface area contributed by atoms with Gasteiger partial charge in [-0.2, -0.15) is 0 Å². The molecule has 1 aromatic heterocycles. The Morgan fingerprint density at radius 1 is 1.27 bits per heavy atom. The Kier molecular flexibility index (Phi) is 7.16. The van der Waals surface area contributed by atoms with Crippen LogP contribution in [0.1, 0.15) is 24.1 Å². The fraction of sp³-hybridized carbons (Fsp3) is 0.143. The fourth-order valence-corrected chi connectivity index (χ4v) is 3.12. The van der Waals surface area contributed by atoms with Crippen molar-refractivity contribution >= 4 is 40.3 Å². The van der Waals surface area contributed by atoms with Crippen LogP contribution in [0.2, 0.25) is 5.02 Å². The van der Waals surface area contributed by atoms with E-state index in [0.29, 0.717) is 22.4 Å². The molecule has 2 aromatic carbocycles. The van der Waals surface area contributed by atoms with Crippen molar-refractivity contribution < 1.29 is 9.66 Å². The predicted octanol–water partition coefficient (Wildman–Crippen LogP) is 5.27. The Balaban J connectivity index is 1.56. The second-order valence-corrected chi connectivity index (χ2v) is 7.28. The van der Waals surface area contributed by atoms with E-state index in [9.17, 15) is 10.1 Å². The number of nitrogens with one attached hydrogen (secondary N) is 2. The lowest BCUT2D eigenvalue weighted by molar-refractivity contribution is -0.384. The van der Waals surface area contributed by atoms with Crippen molar-refractivity contribution in [3.63, 3.8) is 0 Å². The summed E-state index contributed by atoms with van der Waals surface area (Å²) in [6.07, 6.45) is 3.49. The number of pyridine rings is 1. The SMILES string of the molecule is CC(NC(=S)Nc1cc([N+](=O)[O-])ccc1Cl)c1ccc(OCc2cccnc2)cc1. The summed E-state index contributed by atoms with van der Waals surface area (Å²) < 4.78 is 5.76. The van der Waals surface area contributed by atoms with E-state index in [2.05, 4.69) is 15.6 Å². The number of aromatic nitrogens is 1. The number of nitrogens with zero attached hydrogens (tertiary/aromatic N) is 2. The highest BCUT2D eigenvalue weighted by molar-refractivity contribution is 7.80. The van der Waals surface area contributed by atoms with Crippen LogP contribution < -0.4 is 15.4 Å². The van der Waals surface area contributed by atoms with Gasteiger partial charge >= 0.3 is 0 Å². The minimum atomic E-state index is -0.488. The van der Waals surface area contributed by atoms with Crippen molar-refractivity contribution in [2.75, 3.05) is 5.32 Å². The highest BCUT2D eigenvalue weighted by Crippen LogP contribution is 2.27. The number of ether oxygens (including phenoxy) is 1. The van der Waals surface area contributed by atoms with Crippen molar-refractivity contribution in [3.05, 3.63) is 93.3 Å². The first-order valence-corrected chi connectivity index (χ1v) is 9.84. The molecule has 0 saturated carbocycles. The molecule has 3 aromatic rings. The summed E-state index contributed by atoms with van der Waals surface area (Å²) >= 11 is 11.4. The van der Waals surface area contributed by atoms with E-state index in [1.165, 1.54) is 18.2 Å². The quantitative estimate of drug-likeness (QED) is 0.292. The molecule has 0 aliphatic heterocycles. The molecule has 0 bridgehead atoms. The van der Waals surface area contributed by atoms with Crippen LogP contribution in [0.3, 0.4) is 0 Å². The average molecular weight is 443 g/mol. The molecule has 9 heteroatoms. The van der Waals surface area contributed by atoms with Gasteiger partial charge in [0.1, 0.15) is 12.4 Å². The lowest BCUT2D eigenvalue weighted by Gasteiger charge is -2.18. The average Bonchev–Trinajstić information content (AvgIpc) is 2.74. The highest BCUT2D eigenvalue weighted by Gasteiger charge is 2.12. The maximum absolute atomic E-state index is 10.9. The van der Waals surface area contributed by atoms with Crippen molar-refractivity contribution in [3.8, 4) is 5.75 Å². The fourth-order valence-electron chi connectivity index (χ4n) is 2.66. The zero-order chi connectivity index (χ0) is 21.5. The summed E-state index contributed by atoms with van der Waals surface area (Å²) in [4.78, 5) is 14.5. The molecule has 3 rings (SSSR count). The van der Waals surface area contributed by atoms with Gasteiger partial charge in [-0.05, 0) is 49.0 Å². The molecule has 30 heavy (non-hydrogen) atoms. The lowest BCUT2D eigenvalue weighted by Crippen LogP contribution is -2.31. The summed E-state index contributed by atoms with van der Waals surface area (Å²) in [5.41, 5.74) is 2.29. The van der Waals surface area contributed by atoms with E-state index >= 15 is 0 Å². The van der Waals surface area contributed by atoms with Gasteiger partial charge < -0.3 is 15.4 Å². The van der Waals surface area contributed by atoms with E-state index in [1.54, 1.807) is 12.4 Å². The lowest BCUT2D eigenvalue weighted by atomic mass is 10.1. The minimum absolute atomic E-state index is 0.0698. The Labute approximate surface area is 184 Å². The molecule has 0 aliphatic rings. The van der Waals surface area contributed by atoms with Crippen LogP contribution in [0.25, 0.3) is 0 Å². The molecule has 0 radical (unpaired) electrons. The van der Waals surface area contributed by atoms with Gasteiger partial charge in [0, 0.05) is 30.1 Å². The molecule has 0 aliphatic carbocycles. The third kappa shape index (κ3) is 5.88. The second kappa shape index (κ2) is 10.00. The van der Waals surface area contributed by atoms with Gasteiger partial charge in [0.2, 0.25) is 0 Å². The smallest absolute Gasteiger partial charge is 0.271 e. The van der Waals surface area contributed by atoms with Crippen LogP contribution >= 0.6 is 23.8 Å². The molecule has 0 saturated heterocycles. The van der Waals surface area contributed by atoms with Crippen molar-refractivity contribution in [1.29, 1.82) is 0 Å². The number of nitro groups is 1. The van der Waals surface area contributed by atoms with Gasteiger partial charge in [-0.25, -0.2) is 0 Å². The summed E-state index contributed by atoms with van der Waals surface area (Å²) in [6.45, 7) is 2.40. The standard InChI is InChI=1S/C21H19ClN4O3S/c1-14(24-21(30)25-20-11-17(26(27)28)6-9-19(20)22)16-4-7-18(8-5-16)29-13-15-3-2-10-23-12-15/h2-12,14H,13H2,1H3,(H2,24,25,30). The number of hydrogen-bond acceptors (Lipinski definition) is 5. The molecule has 2 N–H and O–H groups in total. The maximum Gasteiger partial charge on any atom is 0.271 e. The maximum atomic E-state index is 10.9. The Bertz CT molecular complexity index is 1030. The third-order valence-corrected chi connectivity index (χ3v) is 4.81. The zero-order valence-electron chi connectivity index (χ0n) is 16.0. The highest BCUT2D eigenvalue weighted by atomic mass is 35.5. The van der Waals surface area contributed by atoms with Crippen molar-refractivity contribution in [2.45, 2.75) is 19.6 Å². The molecular formula is C21H19ClN4O3S. The van der Waals surface area contributed by atoms with Crippen LogP contribution in [0.4, 0.5) is 11.4 Å².